The van der Waals surface area contributed by atoms with Gasteiger partial charge in [0.15, 0.2) is 0 Å². The van der Waals surface area contributed by atoms with Crippen LogP contribution in [0.1, 0.15) is 32.1 Å². The maximum absolute atomic E-state index is 12.8. The molecule has 0 aliphatic heterocycles. The summed E-state index contributed by atoms with van der Waals surface area (Å²) in [4.78, 5) is 0.297. The fraction of sp³-hybridized carbons (Fsp3) is 0.600. The summed E-state index contributed by atoms with van der Waals surface area (Å²) in [6.45, 7) is 0. The lowest BCUT2D eigenvalue weighted by atomic mass is 10.0. The summed E-state index contributed by atoms with van der Waals surface area (Å²) in [5, 5.41) is 0. The molecule has 0 radical (unpaired) electrons. The molecule has 0 amide bonds. The van der Waals surface area contributed by atoms with E-state index >= 15 is 0 Å². The predicted molar refractivity (Wildman–Crippen MR) is 97.1 cm³/mol. The first-order valence-electron chi connectivity index (χ1n) is 7.59. The van der Waals surface area contributed by atoms with Gasteiger partial charge in [-0.15, -0.1) is 11.4 Å². The molecule has 124 valence electrons. The van der Waals surface area contributed by atoms with E-state index in [1.165, 1.54) is 19.3 Å². The van der Waals surface area contributed by atoms with Gasteiger partial charge in [-0.3, -0.25) is 4.67 Å². The molecule has 7 heteroatoms. The van der Waals surface area contributed by atoms with Crippen molar-refractivity contribution in [2.24, 2.45) is 4.15 Å². The van der Waals surface area contributed by atoms with E-state index in [2.05, 4.69) is 8.82 Å². The molecular formula is C15H25N2O2PS2. The van der Waals surface area contributed by atoms with Gasteiger partial charge in [0.2, 0.25) is 0 Å². The average Bonchev–Trinajstić information content (AvgIpc) is 2.54. The fourth-order valence-corrected chi connectivity index (χ4v) is 12.7. The van der Waals surface area contributed by atoms with Gasteiger partial charge >= 0.3 is 0 Å². The first kappa shape index (κ1) is 18.1. The van der Waals surface area contributed by atoms with E-state index in [9.17, 15) is 8.42 Å². The zero-order chi connectivity index (χ0) is 16.2. The van der Waals surface area contributed by atoms with Crippen LogP contribution in [0.2, 0.25) is 0 Å². The van der Waals surface area contributed by atoms with Crippen molar-refractivity contribution in [3.63, 3.8) is 0 Å². The van der Waals surface area contributed by atoms with Gasteiger partial charge < -0.3 is 0 Å². The number of benzene rings is 1. The van der Waals surface area contributed by atoms with Crippen LogP contribution in [0.5, 0.6) is 0 Å². The molecule has 1 aliphatic rings. The van der Waals surface area contributed by atoms with Crippen LogP contribution < -0.4 is 0 Å². The zero-order valence-corrected chi connectivity index (χ0v) is 16.0. The molecule has 2 rings (SSSR count). The van der Waals surface area contributed by atoms with Gasteiger partial charge in [0.1, 0.15) is 6.41 Å². The topological polar surface area (TPSA) is 49.7 Å². The summed E-state index contributed by atoms with van der Waals surface area (Å²) in [6, 6.07) is 8.58. The van der Waals surface area contributed by atoms with Crippen LogP contribution in [-0.2, 0) is 10.0 Å². The first-order valence-corrected chi connectivity index (χ1v) is 12.6. The lowest BCUT2D eigenvalue weighted by molar-refractivity contribution is 0.498. The zero-order valence-electron chi connectivity index (χ0n) is 13.5. The highest BCUT2D eigenvalue weighted by atomic mass is 32.7. The Kier molecular flexibility index (Phi) is 6.17. The van der Waals surface area contributed by atoms with Crippen LogP contribution in [0.15, 0.2) is 39.4 Å². The van der Waals surface area contributed by atoms with Crippen molar-refractivity contribution in [3.05, 3.63) is 30.3 Å². The molecule has 4 nitrogen and oxygen atoms in total. The molecule has 0 saturated heterocycles. The lowest BCUT2D eigenvalue weighted by Crippen LogP contribution is -2.21. The molecule has 1 atom stereocenters. The quantitative estimate of drug-likeness (QED) is 0.716. The van der Waals surface area contributed by atoms with Crippen molar-refractivity contribution >= 4 is 27.8 Å². The second-order valence-corrected chi connectivity index (χ2v) is 13.6. The molecule has 1 aliphatic carbocycles. The molecule has 1 aromatic carbocycles. The van der Waals surface area contributed by atoms with Crippen molar-refractivity contribution in [2.75, 3.05) is 20.4 Å². The maximum Gasteiger partial charge on any atom is 0.282 e. The summed E-state index contributed by atoms with van der Waals surface area (Å²) >= 11 is 1.64. The van der Waals surface area contributed by atoms with Crippen LogP contribution in [0.3, 0.4) is 0 Å². The summed E-state index contributed by atoms with van der Waals surface area (Å²) in [7, 11) is 0.338. The third-order valence-electron chi connectivity index (χ3n) is 4.16. The van der Waals surface area contributed by atoms with E-state index in [0.717, 1.165) is 12.8 Å². The minimum atomic E-state index is -3.61. The highest BCUT2D eigenvalue weighted by Gasteiger charge is 2.35. The fourth-order valence-electron chi connectivity index (χ4n) is 3.02. The summed E-state index contributed by atoms with van der Waals surface area (Å²) in [5.41, 5.74) is 0.379. The lowest BCUT2D eigenvalue weighted by Gasteiger charge is -2.38. The van der Waals surface area contributed by atoms with Gasteiger partial charge in [0.05, 0.1) is 4.90 Å². The Bertz CT molecular complexity index is 639. The molecule has 22 heavy (non-hydrogen) atoms. The third-order valence-corrected chi connectivity index (χ3v) is 14.1. The standard InChI is InChI=1S/C15H25N2O2PS2/c1-17(2)20(21-3,14-10-6-4-7-11-14)16-22(18,19)15-12-8-5-9-13-15/h5,8-9,12-14H,4,6-7,10-11H2,1-3H3. The molecule has 1 unspecified atom stereocenters. The van der Waals surface area contributed by atoms with Crippen molar-refractivity contribution in [1.82, 2.24) is 4.67 Å². The minimum absolute atomic E-state index is 0.297. The smallest absolute Gasteiger partial charge is 0.267 e. The SMILES string of the molecule is CSP(=NS(=O)(=O)c1ccccc1)(C1CCCCC1)N(C)C. The van der Waals surface area contributed by atoms with Crippen LogP contribution in [0, 0.1) is 0 Å². The van der Waals surface area contributed by atoms with Crippen molar-refractivity contribution in [1.29, 1.82) is 0 Å². The number of rotatable bonds is 5. The highest BCUT2D eigenvalue weighted by molar-refractivity contribution is 8.58. The number of sulfonamides is 1. The Morgan fingerprint density at radius 1 is 1.14 bits per heavy atom. The predicted octanol–water partition coefficient (Wildman–Crippen LogP) is 4.66. The molecule has 0 bridgehead atoms. The Morgan fingerprint density at radius 3 is 2.23 bits per heavy atom. The Labute approximate surface area is 138 Å². The van der Waals surface area contributed by atoms with Crippen LogP contribution in [-0.4, -0.2) is 39.1 Å². The third kappa shape index (κ3) is 3.78. The van der Waals surface area contributed by atoms with E-state index in [4.69, 9.17) is 0 Å². The highest BCUT2D eigenvalue weighted by Crippen LogP contribution is 2.69. The molecule has 1 saturated carbocycles. The van der Waals surface area contributed by atoms with E-state index in [-0.39, 0.29) is 0 Å². The molecule has 1 fully saturated rings. The minimum Gasteiger partial charge on any atom is -0.267 e. The van der Waals surface area contributed by atoms with Crippen LogP contribution >= 0.6 is 17.8 Å². The molecule has 0 N–H and O–H groups in total. The van der Waals surface area contributed by atoms with Crippen molar-refractivity contribution < 1.29 is 8.42 Å². The van der Waals surface area contributed by atoms with Gasteiger partial charge in [-0.25, -0.2) is 0 Å². The average molecular weight is 360 g/mol. The van der Waals surface area contributed by atoms with E-state index in [0.29, 0.717) is 10.6 Å². The number of hydrogen-bond acceptors (Lipinski definition) is 3. The summed E-state index contributed by atoms with van der Waals surface area (Å²) in [6.07, 6.45) is 5.67. The Balaban J connectivity index is 2.53. The normalized spacial score (nSPS) is 19.8. The van der Waals surface area contributed by atoms with Gasteiger partial charge in [0, 0.05) is 5.66 Å². The van der Waals surface area contributed by atoms with E-state index in [1.807, 2.05) is 26.4 Å². The van der Waals surface area contributed by atoms with Gasteiger partial charge in [-0.05, 0) is 45.3 Å². The molecule has 0 aromatic heterocycles. The van der Waals surface area contributed by atoms with E-state index in [1.54, 1.807) is 35.6 Å². The van der Waals surface area contributed by atoms with Gasteiger partial charge in [0.25, 0.3) is 10.0 Å². The van der Waals surface area contributed by atoms with Gasteiger partial charge in [-0.2, -0.15) is 12.6 Å². The van der Waals surface area contributed by atoms with Crippen LogP contribution in [0.4, 0.5) is 0 Å². The number of hydrogen-bond donors (Lipinski definition) is 0. The Morgan fingerprint density at radius 2 is 1.73 bits per heavy atom. The number of nitrogens with zero attached hydrogens (tertiary/aromatic N) is 2. The van der Waals surface area contributed by atoms with Crippen LogP contribution in [0.25, 0.3) is 0 Å². The monoisotopic (exact) mass is 360 g/mol. The summed E-state index contributed by atoms with van der Waals surface area (Å²) in [5.74, 6) is 0. The molecule has 1 aromatic rings. The second kappa shape index (κ2) is 7.52. The first-order chi connectivity index (χ1) is 10.4. The van der Waals surface area contributed by atoms with E-state index < -0.39 is 16.4 Å². The molecule has 0 spiro atoms. The van der Waals surface area contributed by atoms with Crippen molar-refractivity contribution in [2.45, 2.75) is 42.7 Å². The Hall–Kier alpha value is -0.290. The largest absolute Gasteiger partial charge is 0.282 e. The molecule has 0 heterocycles. The van der Waals surface area contributed by atoms with Gasteiger partial charge in [-0.1, -0.05) is 37.5 Å². The summed E-state index contributed by atoms with van der Waals surface area (Å²) < 4.78 is 32.2. The molecular weight excluding hydrogens is 335 g/mol. The second-order valence-electron chi connectivity index (χ2n) is 5.78. The maximum atomic E-state index is 12.8. The van der Waals surface area contributed by atoms with Crippen molar-refractivity contribution in [3.8, 4) is 0 Å².